The fourth-order valence-electron chi connectivity index (χ4n) is 2.20. The van der Waals surface area contributed by atoms with E-state index in [0.29, 0.717) is 6.04 Å². The molecule has 4 nitrogen and oxygen atoms in total. The van der Waals surface area contributed by atoms with E-state index >= 15 is 0 Å². The third-order valence-corrected chi connectivity index (χ3v) is 2.98. The molecule has 1 saturated heterocycles. The summed E-state index contributed by atoms with van der Waals surface area (Å²) in [6.07, 6.45) is 4.51. The summed E-state index contributed by atoms with van der Waals surface area (Å²) in [5, 5.41) is 6.64. The van der Waals surface area contributed by atoms with Gasteiger partial charge in [0, 0.05) is 19.0 Å². The zero-order valence-corrected chi connectivity index (χ0v) is 8.18. The van der Waals surface area contributed by atoms with E-state index < -0.39 is 0 Å². The highest BCUT2D eigenvalue weighted by Crippen LogP contribution is 2.25. The summed E-state index contributed by atoms with van der Waals surface area (Å²) in [4.78, 5) is 4.45. The van der Waals surface area contributed by atoms with E-state index in [1.807, 2.05) is 0 Å². The lowest BCUT2D eigenvalue weighted by Gasteiger charge is -2.07. The van der Waals surface area contributed by atoms with Crippen LogP contribution in [0.2, 0.25) is 0 Å². The molecule has 1 fully saturated rings. The monoisotopic (exact) mass is 193 g/mol. The number of anilines is 1. The molecule has 2 aliphatic rings. The molecule has 1 aliphatic carbocycles. The van der Waals surface area contributed by atoms with Crippen LogP contribution in [0.5, 0.6) is 0 Å². The van der Waals surface area contributed by atoms with Crippen LogP contribution in [0.1, 0.15) is 24.3 Å². The van der Waals surface area contributed by atoms with Crippen molar-refractivity contribution in [2.75, 3.05) is 18.4 Å². The lowest BCUT2D eigenvalue weighted by atomic mass is 10.3. The average molecular weight is 193 g/mol. The molecule has 14 heavy (non-hydrogen) atoms. The minimum absolute atomic E-state index is 0.494. The summed E-state index contributed by atoms with van der Waals surface area (Å²) >= 11 is 0. The number of hydrogen-bond acceptors (Lipinski definition) is 4. The van der Waals surface area contributed by atoms with Gasteiger partial charge < -0.3 is 15.1 Å². The number of oxazole rings is 1. The molecule has 0 saturated carbocycles. The first kappa shape index (κ1) is 8.29. The molecular formula is C10H15N3O. The minimum atomic E-state index is 0.494. The second kappa shape index (κ2) is 3.28. The van der Waals surface area contributed by atoms with Gasteiger partial charge in [0.15, 0.2) is 0 Å². The van der Waals surface area contributed by atoms with Crippen molar-refractivity contribution in [2.24, 2.45) is 0 Å². The average Bonchev–Trinajstić information content (AvgIpc) is 2.78. The zero-order chi connectivity index (χ0) is 9.38. The third-order valence-electron chi connectivity index (χ3n) is 2.98. The number of aromatic nitrogens is 1. The Labute approximate surface area is 83.1 Å². The maximum absolute atomic E-state index is 5.64. The van der Waals surface area contributed by atoms with Crippen molar-refractivity contribution in [1.29, 1.82) is 0 Å². The number of nitrogens with zero attached hydrogens (tertiary/aromatic N) is 1. The smallest absolute Gasteiger partial charge is 0.295 e. The Morgan fingerprint density at radius 3 is 3.21 bits per heavy atom. The fourth-order valence-corrected chi connectivity index (χ4v) is 2.20. The Balaban J connectivity index is 1.71. The van der Waals surface area contributed by atoms with Crippen molar-refractivity contribution in [3.05, 3.63) is 11.5 Å². The largest absolute Gasteiger partial charge is 0.428 e. The van der Waals surface area contributed by atoms with Crippen LogP contribution in [0.15, 0.2) is 4.42 Å². The standard InChI is InChI=1S/C10H15N3O/c1-2-8-9(3-1)14-10(13-8)12-7-4-5-11-6-7/h7,11H,1-6H2,(H,12,13). The molecule has 1 unspecified atom stereocenters. The topological polar surface area (TPSA) is 50.1 Å². The Morgan fingerprint density at radius 2 is 2.43 bits per heavy atom. The van der Waals surface area contributed by atoms with Crippen molar-refractivity contribution in [1.82, 2.24) is 10.3 Å². The zero-order valence-electron chi connectivity index (χ0n) is 8.18. The molecule has 0 radical (unpaired) electrons. The molecule has 0 aromatic carbocycles. The maximum Gasteiger partial charge on any atom is 0.295 e. The summed E-state index contributed by atoms with van der Waals surface area (Å²) in [5.74, 6) is 1.10. The van der Waals surface area contributed by atoms with E-state index in [2.05, 4.69) is 15.6 Å². The SMILES string of the molecule is C1Cc2nc(NC3CCNC3)oc2C1. The van der Waals surface area contributed by atoms with E-state index in [1.54, 1.807) is 0 Å². The van der Waals surface area contributed by atoms with Crippen LogP contribution >= 0.6 is 0 Å². The number of aryl methyl sites for hydroxylation is 2. The third kappa shape index (κ3) is 1.39. The van der Waals surface area contributed by atoms with E-state index in [4.69, 9.17) is 4.42 Å². The predicted octanol–water partition coefficient (Wildman–Crippen LogP) is 0.937. The molecule has 1 aliphatic heterocycles. The van der Waals surface area contributed by atoms with Gasteiger partial charge in [0.25, 0.3) is 6.01 Å². The van der Waals surface area contributed by atoms with Crippen LogP contribution < -0.4 is 10.6 Å². The van der Waals surface area contributed by atoms with Gasteiger partial charge >= 0.3 is 0 Å². The number of fused-ring (bicyclic) bond motifs is 1. The number of rotatable bonds is 2. The van der Waals surface area contributed by atoms with Gasteiger partial charge in [0.2, 0.25) is 0 Å². The Bertz CT molecular complexity index is 307. The van der Waals surface area contributed by atoms with Crippen LogP contribution in [0, 0.1) is 0 Å². The maximum atomic E-state index is 5.64. The lowest BCUT2D eigenvalue weighted by Crippen LogP contribution is -2.22. The summed E-state index contributed by atoms with van der Waals surface area (Å²) < 4.78 is 5.64. The van der Waals surface area contributed by atoms with Gasteiger partial charge in [0.05, 0.1) is 5.69 Å². The summed E-state index contributed by atoms with van der Waals surface area (Å²) in [6.45, 7) is 2.12. The van der Waals surface area contributed by atoms with Gasteiger partial charge in [0.1, 0.15) is 5.76 Å². The molecule has 0 spiro atoms. The molecule has 1 atom stereocenters. The fraction of sp³-hybridized carbons (Fsp3) is 0.700. The van der Waals surface area contributed by atoms with Crippen LogP contribution in [0.4, 0.5) is 6.01 Å². The lowest BCUT2D eigenvalue weighted by molar-refractivity contribution is 0.514. The first-order valence-electron chi connectivity index (χ1n) is 5.37. The molecule has 1 aromatic heterocycles. The molecule has 76 valence electrons. The van der Waals surface area contributed by atoms with E-state index in [-0.39, 0.29) is 0 Å². The first-order chi connectivity index (χ1) is 6.92. The molecular weight excluding hydrogens is 178 g/mol. The molecule has 0 amide bonds. The van der Waals surface area contributed by atoms with E-state index in [1.165, 1.54) is 12.1 Å². The van der Waals surface area contributed by atoms with Crippen LogP contribution in [0.25, 0.3) is 0 Å². The highest BCUT2D eigenvalue weighted by Gasteiger charge is 2.21. The van der Waals surface area contributed by atoms with Crippen LogP contribution in [0.3, 0.4) is 0 Å². The second-order valence-corrected chi connectivity index (χ2v) is 4.08. The summed E-state index contributed by atoms with van der Waals surface area (Å²) in [6, 6.07) is 1.22. The van der Waals surface area contributed by atoms with Crippen LogP contribution in [-0.2, 0) is 12.8 Å². The Kier molecular flexibility index (Phi) is 1.94. The van der Waals surface area contributed by atoms with Gasteiger partial charge in [-0.3, -0.25) is 0 Å². The van der Waals surface area contributed by atoms with E-state index in [0.717, 1.165) is 44.1 Å². The molecule has 0 bridgehead atoms. The van der Waals surface area contributed by atoms with Gasteiger partial charge in [-0.15, -0.1) is 0 Å². The van der Waals surface area contributed by atoms with Gasteiger partial charge in [-0.1, -0.05) is 0 Å². The molecule has 4 heteroatoms. The quantitative estimate of drug-likeness (QED) is 0.734. The van der Waals surface area contributed by atoms with E-state index in [9.17, 15) is 0 Å². The highest BCUT2D eigenvalue weighted by molar-refractivity contribution is 5.29. The normalized spacial score (nSPS) is 25.3. The van der Waals surface area contributed by atoms with Gasteiger partial charge in [-0.25, -0.2) is 0 Å². The van der Waals surface area contributed by atoms with Crippen molar-refractivity contribution in [2.45, 2.75) is 31.7 Å². The van der Waals surface area contributed by atoms with Gasteiger partial charge in [-0.2, -0.15) is 4.98 Å². The molecule has 2 heterocycles. The van der Waals surface area contributed by atoms with Crippen molar-refractivity contribution >= 4 is 6.01 Å². The number of hydrogen-bond donors (Lipinski definition) is 2. The summed E-state index contributed by atoms with van der Waals surface area (Å²) in [7, 11) is 0. The van der Waals surface area contributed by atoms with Crippen molar-refractivity contribution < 1.29 is 4.42 Å². The van der Waals surface area contributed by atoms with Crippen molar-refractivity contribution in [3.63, 3.8) is 0 Å². The predicted molar refractivity (Wildman–Crippen MR) is 53.4 cm³/mol. The molecule has 3 rings (SSSR count). The van der Waals surface area contributed by atoms with Crippen molar-refractivity contribution in [3.8, 4) is 0 Å². The second-order valence-electron chi connectivity index (χ2n) is 4.08. The summed E-state index contributed by atoms with van der Waals surface area (Å²) in [5.41, 5.74) is 1.17. The number of nitrogens with one attached hydrogen (secondary N) is 2. The first-order valence-corrected chi connectivity index (χ1v) is 5.37. The minimum Gasteiger partial charge on any atom is -0.428 e. The molecule has 2 N–H and O–H groups in total. The molecule has 1 aromatic rings. The highest BCUT2D eigenvalue weighted by atomic mass is 16.4. The van der Waals surface area contributed by atoms with Gasteiger partial charge in [-0.05, 0) is 25.8 Å². The Morgan fingerprint density at radius 1 is 1.43 bits per heavy atom. The Hall–Kier alpha value is -1.03. The van der Waals surface area contributed by atoms with Crippen LogP contribution in [-0.4, -0.2) is 24.1 Å².